The smallest absolute Gasteiger partial charge is 0.331 e. The molecule has 202 valence electrons. The molecule has 2 aromatic rings. The fraction of sp³-hybridized carbons (Fsp3) is 0.370. The molecule has 38 heavy (non-hydrogen) atoms. The van der Waals surface area contributed by atoms with Gasteiger partial charge in [0.2, 0.25) is 12.1 Å². The summed E-state index contributed by atoms with van der Waals surface area (Å²) >= 11 is 0. The first-order valence-corrected chi connectivity index (χ1v) is 11.7. The molecule has 6 atom stereocenters. The first-order valence-electron chi connectivity index (χ1n) is 11.7. The lowest BCUT2D eigenvalue weighted by Gasteiger charge is -2.49. The first-order chi connectivity index (χ1) is 17.8. The van der Waals surface area contributed by atoms with Crippen molar-refractivity contribution in [3.8, 4) is 11.5 Å². The lowest BCUT2D eigenvalue weighted by molar-refractivity contribution is -0.314. The van der Waals surface area contributed by atoms with Gasteiger partial charge in [0.1, 0.15) is 29.3 Å². The summed E-state index contributed by atoms with van der Waals surface area (Å²) in [6.45, 7) is 5.88. The lowest BCUT2D eigenvalue weighted by atomic mass is 9.68. The van der Waals surface area contributed by atoms with Crippen LogP contribution in [-0.2, 0) is 29.4 Å². The second-order valence-corrected chi connectivity index (χ2v) is 9.64. The van der Waals surface area contributed by atoms with E-state index in [9.17, 15) is 39.9 Å². The van der Waals surface area contributed by atoms with Crippen LogP contribution in [-0.4, -0.2) is 74.0 Å². The van der Waals surface area contributed by atoms with Gasteiger partial charge in [-0.05, 0) is 38.5 Å². The summed E-state index contributed by atoms with van der Waals surface area (Å²) in [4.78, 5) is 37.6. The lowest BCUT2D eigenvalue weighted by Crippen LogP contribution is -2.66. The number of aliphatic hydroxyl groups excluding tert-OH is 2. The van der Waals surface area contributed by atoms with Crippen LogP contribution in [0.15, 0.2) is 42.0 Å². The van der Waals surface area contributed by atoms with E-state index in [-0.39, 0.29) is 22.3 Å². The summed E-state index contributed by atoms with van der Waals surface area (Å²) in [7, 11) is 0. The van der Waals surface area contributed by atoms with Crippen molar-refractivity contribution in [3.05, 3.63) is 69.8 Å². The maximum Gasteiger partial charge on any atom is 0.331 e. The van der Waals surface area contributed by atoms with E-state index < -0.39 is 65.5 Å². The molecule has 1 heterocycles. The van der Waals surface area contributed by atoms with Gasteiger partial charge in [-0.3, -0.25) is 9.59 Å². The molecule has 1 saturated heterocycles. The number of ether oxygens (including phenoxy) is 3. The molecule has 0 unspecified atom stereocenters. The Kier molecular flexibility index (Phi) is 7.06. The third kappa shape index (κ3) is 4.43. The van der Waals surface area contributed by atoms with Gasteiger partial charge in [0, 0.05) is 24.1 Å². The predicted molar refractivity (Wildman–Crippen MR) is 129 cm³/mol. The minimum absolute atomic E-state index is 0.172. The van der Waals surface area contributed by atoms with E-state index >= 15 is 0 Å². The van der Waals surface area contributed by atoms with Crippen molar-refractivity contribution < 1.29 is 54.1 Å². The fourth-order valence-corrected chi connectivity index (χ4v) is 4.96. The number of rotatable bonds is 4. The number of phenolic OH excluding ortho intramolecular Hbond substituents is 2. The van der Waals surface area contributed by atoms with Gasteiger partial charge in [-0.15, -0.1) is 0 Å². The standard InChI is InChI=1S/C27H28O11/c1-11(2)8-18(31)37-24-22(33)25(38-26(23(24)34)36-13(4)28)27(35)14-6-5-7-16(29)19(14)21(32)20-15(27)9-12(3)10-17(20)30/h5-10,22-26,29-30,33-35H,1-4H3/t22-,23-,24-,25-,26+,27+/m1/s1. The number of carbonyl (C=O) groups is 3. The number of allylic oxidation sites excluding steroid dienone is 1. The maximum atomic E-state index is 13.4. The van der Waals surface area contributed by atoms with E-state index in [1.54, 1.807) is 20.8 Å². The number of phenols is 2. The molecule has 1 fully saturated rings. The van der Waals surface area contributed by atoms with Crippen molar-refractivity contribution in [2.24, 2.45) is 0 Å². The largest absolute Gasteiger partial charge is 0.507 e. The topological polar surface area (TPSA) is 180 Å². The van der Waals surface area contributed by atoms with Crippen molar-refractivity contribution in [2.75, 3.05) is 0 Å². The molecule has 0 aromatic heterocycles. The van der Waals surface area contributed by atoms with E-state index in [0.717, 1.165) is 13.0 Å². The fourth-order valence-electron chi connectivity index (χ4n) is 4.96. The second-order valence-electron chi connectivity index (χ2n) is 9.64. The number of ketones is 1. The highest BCUT2D eigenvalue weighted by atomic mass is 16.7. The van der Waals surface area contributed by atoms with Crippen LogP contribution in [0.4, 0.5) is 0 Å². The molecular weight excluding hydrogens is 500 g/mol. The predicted octanol–water partition coefficient (Wildman–Crippen LogP) is 1.07. The van der Waals surface area contributed by atoms with Gasteiger partial charge in [0.05, 0.1) is 11.1 Å². The zero-order valence-electron chi connectivity index (χ0n) is 21.0. The van der Waals surface area contributed by atoms with Crippen LogP contribution in [0.1, 0.15) is 53.4 Å². The Morgan fingerprint density at radius 2 is 1.63 bits per heavy atom. The number of hydrogen-bond acceptors (Lipinski definition) is 11. The minimum Gasteiger partial charge on any atom is -0.507 e. The molecule has 0 bridgehead atoms. The molecule has 0 radical (unpaired) electrons. The van der Waals surface area contributed by atoms with Crippen LogP contribution < -0.4 is 0 Å². The van der Waals surface area contributed by atoms with Crippen LogP contribution in [0.3, 0.4) is 0 Å². The molecule has 0 amide bonds. The number of carbonyl (C=O) groups excluding carboxylic acids is 3. The van der Waals surface area contributed by atoms with Crippen LogP contribution in [0.25, 0.3) is 0 Å². The van der Waals surface area contributed by atoms with Crippen molar-refractivity contribution in [1.82, 2.24) is 0 Å². The van der Waals surface area contributed by atoms with Crippen LogP contribution >= 0.6 is 0 Å². The summed E-state index contributed by atoms with van der Waals surface area (Å²) in [6.07, 6.45) is -8.10. The van der Waals surface area contributed by atoms with E-state index in [0.29, 0.717) is 11.1 Å². The summed E-state index contributed by atoms with van der Waals surface area (Å²) in [5.74, 6) is -3.59. The van der Waals surface area contributed by atoms with E-state index in [1.807, 2.05) is 0 Å². The van der Waals surface area contributed by atoms with Gasteiger partial charge in [-0.2, -0.15) is 0 Å². The van der Waals surface area contributed by atoms with E-state index in [4.69, 9.17) is 14.2 Å². The van der Waals surface area contributed by atoms with Crippen LogP contribution in [0.5, 0.6) is 11.5 Å². The Bertz CT molecular complexity index is 1340. The Morgan fingerprint density at radius 1 is 0.974 bits per heavy atom. The molecule has 1 aliphatic carbocycles. The zero-order valence-corrected chi connectivity index (χ0v) is 21.0. The average Bonchev–Trinajstić information content (AvgIpc) is 2.80. The normalized spacial score (nSPS) is 28.1. The highest BCUT2D eigenvalue weighted by Crippen LogP contribution is 2.50. The Balaban J connectivity index is 1.95. The molecular formula is C27H28O11. The third-order valence-corrected chi connectivity index (χ3v) is 6.48. The SMILES string of the molecule is CC(=O)O[C@H]1O[C@@H]([C@]2(O)c3cccc(O)c3C(=O)c3c(O)cc(C)cc32)[C@H](O)[C@@H](OC(=O)C=C(C)C)[C@H]1O. The molecule has 2 aromatic carbocycles. The quantitative estimate of drug-likeness (QED) is 0.283. The maximum absolute atomic E-state index is 13.4. The summed E-state index contributed by atoms with van der Waals surface area (Å²) in [5, 5.41) is 55.8. The van der Waals surface area contributed by atoms with Gasteiger partial charge < -0.3 is 39.7 Å². The number of aryl methyl sites for hydroxylation is 1. The number of esters is 2. The highest BCUT2D eigenvalue weighted by molar-refractivity contribution is 6.16. The minimum atomic E-state index is -2.47. The summed E-state index contributed by atoms with van der Waals surface area (Å²) in [5.41, 5.74) is -2.54. The van der Waals surface area contributed by atoms with Crippen LogP contribution in [0, 0.1) is 6.92 Å². The van der Waals surface area contributed by atoms with Crippen molar-refractivity contribution in [2.45, 2.75) is 64.0 Å². The Hall–Kier alpha value is -3.77. The monoisotopic (exact) mass is 528 g/mol. The molecule has 4 rings (SSSR count). The first kappa shape index (κ1) is 27.3. The Labute approximate surface area is 217 Å². The molecule has 5 N–H and O–H groups in total. The second kappa shape index (κ2) is 9.84. The molecule has 0 saturated carbocycles. The molecule has 0 spiro atoms. The molecule has 11 nitrogen and oxygen atoms in total. The van der Waals surface area contributed by atoms with Crippen molar-refractivity contribution in [3.63, 3.8) is 0 Å². The van der Waals surface area contributed by atoms with Gasteiger partial charge in [0.15, 0.2) is 12.2 Å². The van der Waals surface area contributed by atoms with Crippen LogP contribution in [0.2, 0.25) is 0 Å². The van der Waals surface area contributed by atoms with E-state index in [1.165, 1.54) is 30.3 Å². The Morgan fingerprint density at radius 3 is 2.26 bits per heavy atom. The summed E-state index contributed by atoms with van der Waals surface area (Å²) < 4.78 is 16.1. The number of fused-ring (bicyclic) bond motifs is 2. The van der Waals surface area contributed by atoms with Gasteiger partial charge in [-0.1, -0.05) is 23.8 Å². The number of benzene rings is 2. The van der Waals surface area contributed by atoms with Crippen molar-refractivity contribution in [1.29, 1.82) is 0 Å². The summed E-state index contributed by atoms with van der Waals surface area (Å²) in [6, 6.07) is 6.57. The van der Waals surface area contributed by atoms with Crippen molar-refractivity contribution >= 4 is 17.7 Å². The number of aromatic hydroxyl groups is 2. The number of aliphatic hydroxyl groups is 3. The molecule has 1 aliphatic heterocycles. The van der Waals surface area contributed by atoms with Gasteiger partial charge >= 0.3 is 11.9 Å². The van der Waals surface area contributed by atoms with E-state index in [2.05, 4.69) is 0 Å². The van der Waals surface area contributed by atoms with Gasteiger partial charge in [0.25, 0.3) is 0 Å². The number of hydrogen-bond donors (Lipinski definition) is 5. The zero-order chi connectivity index (χ0) is 28.1. The van der Waals surface area contributed by atoms with Gasteiger partial charge in [-0.25, -0.2) is 4.79 Å². The highest BCUT2D eigenvalue weighted by Gasteiger charge is 2.60. The molecule has 11 heteroatoms. The third-order valence-electron chi connectivity index (χ3n) is 6.48. The molecule has 2 aliphatic rings. The average molecular weight is 529 g/mol.